The van der Waals surface area contributed by atoms with Gasteiger partial charge in [-0.15, -0.1) is 10.2 Å². The minimum Gasteiger partial charge on any atom is -0.494 e. The number of hydrogen-bond acceptors (Lipinski definition) is 10. The number of carbonyl (C=O) groups is 1. The minimum atomic E-state index is -0.455. The van der Waals surface area contributed by atoms with E-state index >= 15 is 0 Å². The van der Waals surface area contributed by atoms with Gasteiger partial charge in [0.05, 0.1) is 30.6 Å². The average Bonchev–Trinajstić information content (AvgIpc) is 3.32. The van der Waals surface area contributed by atoms with Crippen LogP contribution in [0.15, 0.2) is 77.0 Å². The molecular weight excluding hydrogens is 494 g/mol. The summed E-state index contributed by atoms with van der Waals surface area (Å²) in [5.41, 5.74) is 3.02. The summed E-state index contributed by atoms with van der Waals surface area (Å²) < 4.78 is 15.0. The Morgan fingerprint density at radius 1 is 1.11 bits per heavy atom. The van der Waals surface area contributed by atoms with Gasteiger partial charge < -0.3 is 14.4 Å². The van der Waals surface area contributed by atoms with Crippen LogP contribution in [0.1, 0.15) is 18.9 Å². The van der Waals surface area contributed by atoms with Gasteiger partial charge in [-0.25, -0.2) is 0 Å². The van der Waals surface area contributed by atoms with Gasteiger partial charge in [-0.1, -0.05) is 30.3 Å². The zero-order valence-electron chi connectivity index (χ0n) is 20.4. The van der Waals surface area contributed by atoms with Crippen LogP contribution in [0.3, 0.4) is 0 Å². The second-order valence-corrected chi connectivity index (χ2v) is 8.72. The van der Waals surface area contributed by atoms with Gasteiger partial charge in [-0.05, 0) is 42.2 Å². The number of anilines is 1. The molecule has 4 rings (SSSR count). The molecule has 4 aromatic rings. The standard InChI is InChI=1S/C26H25N5O5S/c1-3-36-25(32)13-14-30(17-18-7-5-4-6-8-18)19-9-12-23(24(16-19)35-2)27-28-26-21-15-20(31(33)34)10-11-22(21)29-37-26/h4-12,15-16H,3,13-14,17H2,1-2H3. The summed E-state index contributed by atoms with van der Waals surface area (Å²) in [6.45, 7) is 3.18. The highest BCUT2D eigenvalue weighted by Gasteiger charge is 2.15. The molecule has 0 aliphatic rings. The first-order valence-electron chi connectivity index (χ1n) is 11.6. The Morgan fingerprint density at radius 3 is 2.65 bits per heavy atom. The van der Waals surface area contributed by atoms with Crippen molar-refractivity contribution in [2.45, 2.75) is 19.9 Å². The van der Waals surface area contributed by atoms with Crippen LogP contribution in [0.5, 0.6) is 5.75 Å². The second-order valence-electron chi connectivity index (χ2n) is 7.96. The molecule has 0 saturated carbocycles. The Morgan fingerprint density at radius 2 is 1.92 bits per heavy atom. The molecule has 1 aromatic heterocycles. The Kier molecular flexibility index (Phi) is 8.37. The summed E-state index contributed by atoms with van der Waals surface area (Å²) in [6.07, 6.45) is 0.245. The molecule has 10 nitrogen and oxygen atoms in total. The molecule has 3 aromatic carbocycles. The summed E-state index contributed by atoms with van der Waals surface area (Å²) in [7, 11) is 1.55. The molecule has 0 fully saturated rings. The minimum absolute atomic E-state index is 0.0348. The van der Waals surface area contributed by atoms with Crippen LogP contribution in [0.4, 0.5) is 22.1 Å². The van der Waals surface area contributed by atoms with Gasteiger partial charge in [0.25, 0.3) is 5.69 Å². The molecule has 11 heteroatoms. The molecule has 0 unspecified atom stereocenters. The predicted octanol–water partition coefficient (Wildman–Crippen LogP) is 6.59. The van der Waals surface area contributed by atoms with Crippen molar-refractivity contribution in [1.29, 1.82) is 0 Å². The molecule has 0 bridgehead atoms. The third-order valence-electron chi connectivity index (χ3n) is 5.54. The number of azo groups is 1. The molecule has 0 aliphatic heterocycles. The van der Waals surface area contributed by atoms with Crippen LogP contribution in [-0.2, 0) is 16.1 Å². The monoisotopic (exact) mass is 519 g/mol. The first kappa shape index (κ1) is 25.7. The average molecular weight is 520 g/mol. The van der Waals surface area contributed by atoms with Gasteiger partial charge in [0.15, 0.2) is 5.00 Å². The number of rotatable bonds is 11. The van der Waals surface area contributed by atoms with E-state index in [9.17, 15) is 14.9 Å². The number of fused-ring (bicyclic) bond motifs is 1. The van der Waals surface area contributed by atoms with E-state index in [0.717, 1.165) is 22.8 Å². The molecule has 37 heavy (non-hydrogen) atoms. The number of benzene rings is 3. The summed E-state index contributed by atoms with van der Waals surface area (Å²) in [5, 5.41) is 20.8. The number of hydrogen-bond donors (Lipinski definition) is 0. The van der Waals surface area contributed by atoms with Crippen LogP contribution >= 0.6 is 11.5 Å². The van der Waals surface area contributed by atoms with Gasteiger partial charge in [0.2, 0.25) is 0 Å². The highest BCUT2D eigenvalue weighted by atomic mass is 32.1. The maximum absolute atomic E-state index is 12.0. The zero-order chi connectivity index (χ0) is 26.2. The van der Waals surface area contributed by atoms with Crippen molar-refractivity contribution in [1.82, 2.24) is 4.37 Å². The molecule has 0 spiro atoms. The van der Waals surface area contributed by atoms with Crippen molar-refractivity contribution in [3.63, 3.8) is 0 Å². The molecular formula is C26H25N5O5S. The number of nitro benzene ring substituents is 1. The van der Waals surface area contributed by atoms with E-state index in [1.807, 2.05) is 42.5 Å². The Balaban J connectivity index is 1.60. The fraction of sp³-hybridized carbons (Fsp3) is 0.231. The van der Waals surface area contributed by atoms with E-state index in [0.29, 0.717) is 47.0 Å². The lowest BCUT2D eigenvalue weighted by Crippen LogP contribution is -2.26. The van der Waals surface area contributed by atoms with E-state index in [1.54, 1.807) is 26.2 Å². The lowest BCUT2D eigenvalue weighted by atomic mass is 10.1. The van der Waals surface area contributed by atoms with Crippen molar-refractivity contribution in [2.75, 3.05) is 25.2 Å². The third-order valence-corrected chi connectivity index (χ3v) is 6.30. The molecule has 1 heterocycles. The highest BCUT2D eigenvalue weighted by Crippen LogP contribution is 2.37. The summed E-state index contributed by atoms with van der Waals surface area (Å²) >= 11 is 1.11. The first-order chi connectivity index (χ1) is 18.0. The number of methoxy groups -OCH3 is 1. The fourth-order valence-corrected chi connectivity index (χ4v) is 4.39. The van der Waals surface area contributed by atoms with Gasteiger partial charge in [-0.2, -0.15) is 4.37 Å². The maximum Gasteiger partial charge on any atom is 0.307 e. The van der Waals surface area contributed by atoms with Crippen molar-refractivity contribution in [3.05, 3.63) is 82.4 Å². The lowest BCUT2D eigenvalue weighted by molar-refractivity contribution is -0.384. The van der Waals surface area contributed by atoms with Crippen LogP contribution in [-0.4, -0.2) is 35.5 Å². The maximum atomic E-state index is 12.0. The van der Waals surface area contributed by atoms with Crippen LogP contribution in [0.2, 0.25) is 0 Å². The van der Waals surface area contributed by atoms with Crippen molar-refractivity contribution in [2.24, 2.45) is 10.2 Å². The number of nitrogens with zero attached hydrogens (tertiary/aromatic N) is 5. The SMILES string of the molecule is CCOC(=O)CCN(Cc1ccccc1)c1ccc(N=Nc2snc3ccc([N+](=O)[O-])cc23)c(OC)c1. The first-order valence-corrected chi connectivity index (χ1v) is 12.3. The van der Waals surface area contributed by atoms with E-state index in [-0.39, 0.29) is 18.1 Å². The van der Waals surface area contributed by atoms with Crippen molar-refractivity contribution >= 4 is 50.5 Å². The second kappa shape index (κ2) is 12.0. The van der Waals surface area contributed by atoms with E-state index < -0.39 is 4.92 Å². The summed E-state index contributed by atoms with van der Waals surface area (Å²) in [4.78, 5) is 24.8. The zero-order valence-corrected chi connectivity index (χ0v) is 21.2. The summed E-state index contributed by atoms with van der Waals surface area (Å²) in [6, 6.07) is 19.9. The lowest BCUT2D eigenvalue weighted by Gasteiger charge is -2.25. The fourth-order valence-electron chi connectivity index (χ4n) is 3.71. The molecule has 0 radical (unpaired) electrons. The number of carbonyl (C=O) groups excluding carboxylic acids is 1. The smallest absolute Gasteiger partial charge is 0.307 e. The molecule has 0 saturated heterocycles. The number of ether oxygens (including phenoxy) is 2. The van der Waals surface area contributed by atoms with Gasteiger partial charge in [-0.3, -0.25) is 14.9 Å². The van der Waals surface area contributed by atoms with Crippen LogP contribution < -0.4 is 9.64 Å². The Labute approximate surface area is 217 Å². The van der Waals surface area contributed by atoms with Crippen molar-refractivity contribution in [3.8, 4) is 5.75 Å². The summed E-state index contributed by atoms with van der Waals surface area (Å²) in [5.74, 6) is 0.241. The topological polar surface area (TPSA) is 120 Å². The Bertz CT molecular complexity index is 1420. The molecule has 0 atom stereocenters. The number of esters is 1. The Hall–Kier alpha value is -4.38. The van der Waals surface area contributed by atoms with E-state index in [2.05, 4.69) is 19.5 Å². The van der Waals surface area contributed by atoms with Crippen molar-refractivity contribution < 1.29 is 19.2 Å². The molecule has 0 N–H and O–H groups in total. The number of non-ortho nitro benzene ring substituents is 1. The van der Waals surface area contributed by atoms with Gasteiger partial charge in [0.1, 0.15) is 11.4 Å². The molecule has 0 amide bonds. The highest BCUT2D eigenvalue weighted by molar-refractivity contribution is 7.11. The predicted molar refractivity (Wildman–Crippen MR) is 142 cm³/mol. The number of nitro groups is 1. The third kappa shape index (κ3) is 6.44. The quantitative estimate of drug-likeness (QED) is 0.0949. The van der Waals surface area contributed by atoms with Crippen LogP contribution in [0, 0.1) is 10.1 Å². The van der Waals surface area contributed by atoms with E-state index in [4.69, 9.17) is 9.47 Å². The molecule has 0 aliphatic carbocycles. The van der Waals surface area contributed by atoms with Gasteiger partial charge >= 0.3 is 5.97 Å². The number of aromatic nitrogens is 1. The largest absolute Gasteiger partial charge is 0.494 e. The van der Waals surface area contributed by atoms with E-state index in [1.165, 1.54) is 12.1 Å². The normalized spacial score (nSPS) is 11.1. The van der Waals surface area contributed by atoms with Gasteiger partial charge in [0, 0.05) is 42.4 Å². The van der Waals surface area contributed by atoms with Crippen LogP contribution in [0.25, 0.3) is 10.9 Å². The molecule has 190 valence electrons.